The summed E-state index contributed by atoms with van der Waals surface area (Å²) in [6, 6.07) is 9.37. The fourth-order valence-electron chi connectivity index (χ4n) is 3.82. The second-order valence-electron chi connectivity index (χ2n) is 7.62. The number of hydrogen-bond donors (Lipinski definition) is 1. The highest BCUT2D eigenvalue weighted by Gasteiger charge is 2.31. The number of benzene rings is 2. The van der Waals surface area contributed by atoms with E-state index in [1.165, 1.54) is 47.5 Å². The van der Waals surface area contributed by atoms with Crippen LogP contribution in [0.5, 0.6) is 0 Å². The molecule has 0 spiro atoms. The largest absolute Gasteiger partial charge is 0.462 e. The van der Waals surface area contributed by atoms with Crippen molar-refractivity contribution in [1.29, 1.82) is 0 Å². The number of rotatable bonds is 4. The standard InChI is InChI=1S/C24H22F2N2O3/c1-3-10-31-24(30)20-13-28(23(29)15-4-6-16(25)7-5-15)14(2)11-19-18-9-8-17(26)12-21(18)27-22(19)20/h4-9,12-14,27H,3,10-11H2,1-2H3. The Morgan fingerprint density at radius 1 is 1.13 bits per heavy atom. The van der Waals surface area contributed by atoms with Gasteiger partial charge >= 0.3 is 5.97 Å². The van der Waals surface area contributed by atoms with E-state index in [-0.39, 0.29) is 29.9 Å². The van der Waals surface area contributed by atoms with Gasteiger partial charge in [0.2, 0.25) is 0 Å². The summed E-state index contributed by atoms with van der Waals surface area (Å²) in [4.78, 5) is 30.7. The summed E-state index contributed by atoms with van der Waals surface area (Å²) in [5.41, 5.74) is 2.41. The highest BCUT2D eigenvalue weighted by atomic mass is 19.1. The van der Waals surface area contributed by atoms with E-state index in [9.17, 15) is 18.4 Å². The van der Waals surface area contributed by atoms with Crippen LogP contribution < -0.4 is 0 Å². The molecule has 0 fully saturated rings. The van der Waals surface area contributed by atoms with Crippen molar-refractivity contribution >= 4 is 28.4 Å². The van der Waals surface area contributed by atoms with Gasteiger partial charge in [0.1, 0.15) is 11.6 Å². The molecule has 7 heteroatoms. The van der Waals surface area contributed by atoms with Crippen LogP contribution in [0.3, 0.4) is 0 Å². The minimum atomic E-state index is -0.568. The fraction of sp³-hybridized carbons (Fsp3) is 0.250. The maximum Gasteiger partial charge on any atom is 0.341 e. The number of H-pyrrole nitrogens is 1. The maximum atomic E-state index is 13.8. The van der Waals surface area contributed by atoms with Crippen molar-refractivity contribution in [2.24, 2.45) is 0 Å². The number of ether oxygens (including phenoxy) is 1. The molecule has 0 aliphatic carbocycles. The molecule has 2 aromatic carbocycles. The molecular weight excluding hydrogens is 402 g/mol. The molecule has 1 N–H and O–H groups in total. The van der Waals surface area contributed by atoms with Gasteiger partial charge in [0.15, 0.2) is 0 Å². The third-order valence-electron chi connectivity index (χ3n) is 5.36. The number of halogens is 2. The Bertz CT molecular complexity index is 1180. The number of hydrogen-bond acceptors (Lipinski definition) is 3. The third kappa shape index (κ3) is 3.95. The molecule has 1 atom stereocenters. The molecule has 1 aliphatic heterocycles. The van der Waals surface area contributed by atoms with Crippen molar-refractivity contribution < 1.29 is 23.1 Å². The van der Waals surface area contributed by atoms with E-state index in [0.717, 1.165) is 10.9 Å². The molecule has 160 valence electrons. The minimum Gasteiger partial charge on any atom is -0.462 e. The quantitative estimate of drug-likeness (QED) is 0.611. The first-order valence-electron chi connectivity index (χ1n) is 10.2. The van der Waals surface area contributed by atoms with Crippen molar-refractivity contribution in [3.8, 4) is 0 Å². The number of esters is 1. The van der Waals surface area contributed by atoms with E-state index in [1.54, 1.807) is 6.07 Å². The number of aromatic amines is 1. The van der Waals surface area contributed by atoms with Crippen LogP contribution in [0.2, 0.25) is 0 Å². The van der Waals surface area contributed by atoms with Crippen LogP contribution in [0, 0.1) is 11.6 Å². The van der Waals surface area contributed by atoms with Crippen molar-refractivity contribution in [1.82, 2.24) is 9.88 Å². The summed E-state index contributed by atoms with van der Waals surface area (Å²) in [6.07, 6.45) is 2.57. The molecule has 31 heavy (non-hydrogen) atoms. The average Bonchev–Trinajstić information content (AvgIpc) is 3.02. The molecule has 0 saturated carbocycles. The van der Waals surface area contributed by atoms with Crippen LogP contribution in [0.1, 0.15) is 41.9 Å². The van der Waals surface area contributed by atoms with Gasteiger partial charge in [-0.05, 0) is 67.8 Å². The Morgan fingerprint density at radius 3 is 2.55 bits per heavy atom. The molecule has 1 aromatic heterocycles. The topological polar surface area (TPSA) is 62.4 Å². The van der Waals surface area contributed by atoms with Gasteiger partial charge in [-0.15, -0.1) is 0 Å². The summed E-state index contributed by atoms with van der Waals surface area (Å²) in [7, 11) is 0. The molecular formula is C24H22F2N2O3. The molecule has 1 aliphatic rings. The first-order valence-corrected chi connectivity index (χ1v) is 10.2. The summed E-state index contributed by atoms with van der Waals surface area (Å²) in [5.74, 6) is -1.74. The number of fused-ring (bicyclic) bond motifs is 3. The Morgan fingerprint density at radius 2 is 1.84 bits per heavy atom. The molecule has 4 rings (SSSR count). The zero-order valence-corrected chi connectivity index (χ0v) is 17.2. The van der Waals surface area contributed by atoms with Crippen LogP contribution in [0.4, 0.5) is 8.78 Å². The summed E-state index contributed by atoms with van der Waals surface area (Å²) >= 11 is 0. The lowest BCUT2D eigenvalue weighted by Gasteiger charge is -2.25. The van der Waals surface area contributed by atoms with Crippen LogP contribution in [-0.2, 0) is 16.0 Å². The van der Waals surface area contributed by atoms with Gasteiger partial charge in [-0.2, -0.15) is 0 Å². The van der Waals surface area contributed by atoms with Crippen molar-refractivity contribution in [2.45, 2.75) is 32.7 Å². The first kappa shape index (κ1) is 20.8. The number of nitrogens with one attached hydrogen (secondary N) is 1. The maximum absolute atomic E-state index is 13.8. The number of amides is 1. The molecule has 2 heterocycles. The first-order chi connectivity index (χ1) is 14.9. The molecule has 0 bridgehead atoms. The van der Waals surface area contributed by atoms with Crippen molar-refractivity contribution in [3.63, 3.8) is 0 Å². The van der Waals surface area contributed by atoms with Gasteiger partial charge in [0.25, 0.3) is 5.91 Å². The van der Waals surface area contributed by atoms with Crippen molar-refractivity contribution in [3.05, 3.63) is 77.1 Å². The second-order valence-corrected chi connectivity index (χ2v) is 7.62. The molecule has 0 saturated heterocycles. The Hall–Kier alpha value is -3.48. The van der Waals surface area contributed by atoms with E-state index in [2.05, 4.69) is 4.98 Å². The van der Waals surface area contributed by atoms with Gasteiger partial charge in [-0.3, -0.25) is 4.79 Å². The van der Waals surface area contributed by atoms with E-state index >= 15 is 0 Å². The second kappa shape index (κ2) is 8.34. The predicted molar refractivity (Wildman–Crippen MR) is 113 cm³/mol. The van der Waals surface area contributed by atoms with E-state index in [4.69, 9.17) is 4.74 Å². The van der Waals surface area contributed by atoms with Gasteiger partial charge in [-0.25, -0.2) is 13.6 Å². The summed E-state index contributed by atoms with van der Waals surface area (Å²) in [5, 5.41) is 0.786. The number of carbonyl (C=O) groups excluding carboxylic acids is 2. The van der Waals surface area contributed by atoms with Crippen LogP contribution in [0.15, 0.2) is 48.7 Å². The highest BCUT2D eigenvalue weighted by molar-refractivity contribution is 6.18. The smallest absolute Gasteiger partial charge is 0.341 e. The van der Waals surface area contributed by atoms with Gasteiger partial charge in [-0.1, -0.05) is 6.92 Å². The number of aromatic nitrogens is 1. The van der Waals surface area contributed by atoms with E-state index in [0.29, 0.717) is 29.6 Å². The van der Waals surface area contributed by atoms with Crippen LogP contribution in [-0.4, -0.2) is 34.4 Å². The monoisotopic (exact) mass is 424 g/mol. The number of nitrogens with zero attached hydrogens (tertiary/aromatic N) is 1. The highest BCUT2D eigenvalue weighted by Crippen LogP contribution is 2.34. The zero-order chi connectivity index (χ0) is 22.1. The summed E-state index contributed by atoms with van der Waals surface area (Å²) < 4.78 is 32.4. The molecule has 1 amide bonds. The van der Waals surface area contributed by atoms with Gasteiger partial charge in [0, 0.05) is 28.7 Å². The van der Waals surface area contributed by atoms with Crippen LogP contribution in [0.25, 0.3) is 16.5 Å². The fourth-order valence-corrected chi connectivity index (χ4v) is 3.82. The van der Waals surface area contributed by atoms with Crippen LogP contribution >= 0.6 is 0 Å². The molecule has 1 unspecified atom stereocenters. The molecule has 0 radical (unpaired) electrons. The normalized spacial score (nSPS) is 15.9. The minimum absolute atomic E-state index is 0.194. The number of carbonyl (C=O) groups is 2. The van der Waals surface area contributed by atoms with E-state index < -0.39 is 11.8 Å². The molecule has 3 aromatic rings. The SMILES string of the molecule is CCCOC(=O)C1=CN(C(=O)c2ccc(F)cc2)C(C)Cc2c1[nH]c1cc(F)ccc21. The summed E-state index contributed by atoms with van der Waals surface area (Å²) in [6.45, 7) is 3.99. The lowest BCUT2D eigenvalue weighted by molar-refractivity contribution is -0.136. The molecule has 5 nitrogen and oxygen atoms in total. The zero-order valence-electron chi connectivity index (χ0n) is 17.2. The van der Waals surface area contributed by atoms with E-state index in [1.807, 2.05) is 13.8 Å². The third-order valence-corrected chi connectivity index (χ3v) is 5.36. The van der Waals surface area contributed by atoms with Gasteiger partial charge < -0.3 is 14.6 Å². The van der Waals surface area contributed by atoms with Gasteiger partial charge in [0.05, 0.1) is 17.9 Å². The Labute approximate surface area is 178 Å². The Kier molecular flexibility index (Phi) is 5.59. The van der Waals surface area contributed by atoms with Crippen molar-refractivity contribution in [2.75, 3.05) is 6.61 Å². The predicted octanol–water partition coefficient (Wildman–Crippen LogP) is 4.83. The Balaban J connectivity index is 1.83. The average molecular weight is 424 g/mol. The lowest BCUT2D eigenvalue weighted by atomic mass is 10.0. The lowest BCUT2D eigenvalue weighted by Crippen LogP contribution is -2.35.